The number of nitrogens with zero attached hydrogens (tertiary/aromatic N) is 2. The lowest BCUT2D eigenvalue weighted by Gasteiger charge is -2.35. The molecule has 2 aliphatic heterocycles. The maximum absolute atomic E-state index is 12.6. The molecule has 3 amide bonds. The van der Waals surface area contributed by atoms with Crippen molar-refractivity contribution in [2.45, 2.75) is 31.5 Å². The zero-order valence-electron chi connectivity index (χ0n) is 13.8. The fourth-order valence-corrected chi connectivity index (χ4v) is 3.96. The van der Waals surface area contributed by atoms with Gasteiger partial charge in [0, 0.05) is 19.1 Å². The van der Waals surface area contributed by atoms with Crippen LogP contribution in [0.4, 0.5) is 18.0 Å². The van der Waals surface area contributed by atoms with E-state index in [2.05, 4.69) is 0 Å². The zero-order chi connectivity index (χ0) is 18.9. The van der Waals surface area contributed by atoms with Gasteiger partial charge in [0.2, 0.25) is 11.8 Å². The maximum Gasteiger partial charge on any atom is 0.416 e. The van der Waals surface area contributed by atoms with Crippen LogP contribution in [-0.4, -0.2) is 51.7 Å². The van der Waals surface area contributed by atoms with Crippen molar-refractivity contribution >= 4 is 28.8 Å². The lowest BCUT2D eigenvalue weighted by Crippen LogP contribution is -2.48. The lowest BCUT2D eigenvalue weighted by atomic mass is 10.0. The molecule has 0 atom stereocenters. The standard InChI is InChI=1S/C17H17F3N2O3S/c18-17(19,20)12-3-1-11(2-4-12)9-14(23)21-7-5-13(6-8-21)22-15(24)10-26-16(22)25/h1-4,13H,5-10H2. The summed E-state index contributed by atoms with van der Waals surface area (Å²) in [6, 6.07) is 4.38. The number of alkyl halides is 3. The third-order valence-electron chi connectivity index (χ3n) is 4.60. The van der Waals surface area contributed by atoms with Crippen molar-refractivity contribution in [1.29, 1.82) is 0 Å². The Kier molecular flexibility index (Phi) is 5.27. The first-order valence-corrected chi connectivity index (χ1v) is 9.17. The van der Waals surface area contributed by atoms with E-state index in [9.17, 15) is 27.6 Å². The van der Waals surface area contributed by atoms with Crippen molar-refractivity contribution in [2.75, 3.05) is 18.8 Å². The summed E-state index contributed by atoms with van der Waals surface area (Å²) in [4.78, 5) is 38.8. The van der Waals surface area contributed by atoms with E-state index in [4.69, 9.17) is 0 Å². The summed E-state index contributed by atoms with van der Waals surface area (Å²) in [6.07, 6.45) is -3.32. The summed E-state index contributed by atoms with van der Waals surface area (Å²) < 4.78 is 37.7. The maximum atomic E-state index is 12.6. The van der Waals surface area contributed by atoms with Gasteiger partial charge in [-0.1, -0.05) is 23.9 Å². The van der Waals surface area contributed by atoms with E-state index in [1.807, 2.05) is 0 Å². The van der Waals surface area contributed by atoms with Crippen LogP contribution in [0.3, 0.4) is 0 Å². The average Bonchev–Trinajstić information content (AvgIpc) is 2.93. The molecule has 2 aliphatic rings. The number of hydrogen-bond acceptors (Lipinski definition) is 4. The zero-order valence-corrected chi connectivity index (χ0v) is 14.6. The summed E-state index contributed by atoms with van der Waals surface area (Å²) in [5.74, 6) is -0.183. The molecule has 2 saturated heterocycles. The second-order valence-electron chi connectivity index (χ2n) is 6.30. The summed E-state index contributed by atoms with van der Waals surface area (Å²) in [7, 11) is 0. The molecule has 0 unspecified atom stereocenters. The number of carbonyl (C=O) groups excluding carboxylic acids is 3. The minimum absolute atomic E-state index is 0.0280. The number of imide groups is 1. The number of likely N-dealkylation sites (tertiary alicyclic amines) is 1. The number of halogens is 3. The molecular weight excluding hydrogens is 369 g/mol. The Morgan fingerprint density at radius 3 is 2.23 bits per heavy atom. The van der Waals surface area contributed by atoms with Gasteiger partial charge >= 0.3 is 6.18 Å². The molecule has 1 aromatic carbocycles. The number of rotatable bonds is 3. The molecule has 0 saturated carbocycles. The molecule has 0 aliphatic carbocycles. The van der Waals surface area contributed by atoms with Crippen LogP contribution in [-0.2, 0) is 22.2 Å². The summed E-state index contributed by atoms with van der Waals surface area (Å²) in [6.45, 7) is 0.845. The predicted octanol–water partition coefficient (Wildman–Crippen LogP) is 2.93. The van der Waals surface area contributed by atoms with E-state index in [0.717, 1.165) is 23.9 Å². The molecule has 0 radical (unpaired) electrons. The quantitative estimate of drug-likeness (QED) is 0.802. The fourth-order valence-electron chi connectivity index (χ4n) is 3.19. The van der Waals surface area contributed by atoms with Gasteiger partial charge in [-0.15, -0.1) is 0 Å². The van der Waals surface area contributed by atoms with Crippen molar-refractivity contribution in [3.63, 3.8) is 0 Å². The van der Waals surface area contributed by atoms with E-state index in [0.29, 0.717) is 31.5 Å². The number of amides is 3. The molecule has 140 valence electrons. The molecule has 2 fully saturated rings. The highest BCUT2D eigenvalue weighted by atomic mass is 32.2. The highest BCUT2D eigenvalue weighted by Crippen LogP contribution is 2.29. The van der Waals surface area contributed by atoms with E-state index in [1.54, 1.807) is 4.90 Å². The van der Waals surface area contributed by atoms with Gasteiger partial charge in [0.05, 0.1) is 17.7 Å². The van der Waals surface area contributed by atoms with Crippen LogP contribution in [0, 0.1) is 0 Å². The van der Waals surface area contributed by atoms with Crippen molar-refractivity contribution in [1.82, 2.24) is 9.80 Å². The Labute approximate surface area is 152 Å². The van der Waals surface area contributed by atoms with Gasteiger partial charge in [0.15, 0.2) is 0 Å². The first-order valence-electron chi connectivity index (χ1n) is 8.18. The first kappa shape index (κ1) is 18.8. The van der Waals surface area contributed by atoms with E-state index < -0.39 is 11.7 Å². The van der Waals surface area contributed by atoms with Gasteiger partial charge < -0.3 is 4.90 Å². The van der Waals surface area contributed by atoms with E-state index >= 15 is 0 Å². The lowest BCUT2D eigenvalue weighted by molar-refractivity contribution is -0.137. The Hall–Kier alpha value is -2.03. The third-order valence-corrected chi connectivity index (χ3v) is 5.44. The highest BCUT2D eigenvalue weighted by molar-refractivity contribution is 8.14. The van der Waals surface area contributed by atoms with Crippen LogP contribution in [0.1, 0.15) is 24.0 Å². The van der Waals surface area contributed by atoms with Crippen LogP contribution in [0.25, 0.3) is 0 Å². The molecule has 5 nitrogen and oxygen atoms in total. The number of benzene rings is 1. The second kappa shape index (κ2) is 7.30. The summed E-state index contributed by atoms with van der Waals surface area (Å²) in [5.41, 5.74) is -0.223. The van der Waals surface area contributed by atoms with Crippen molar-refractivity contribution in [3.05, 3.63) is 35.4 Å². The minimum Gasteiger partial charge on any atom is -0.342 e. The van der Waals surface area contributed by atoms with Crippen molar-refractivity contribution in [2.24, 2.45) is 0 Å². The molecule has 0 N–H and O–H groups in total. The minimum atomic E-state index is -4.40. The van der Waals surface area contributed by atoms with Crippen LogP contribution >= 0.6 is 11.8 Å². The van der Waals surface area contributed by atoms with Gasteiger partial charge in [-0.2, -0.15) is 13.2 Å². The molecule has 9 heteroatoms. The average molecular weight is 386 g/mol. The van der Waals surface area contributed by atoms with Crippen LogP contribution < -0.4 is 0 Å². The van der Waals surface area contributed by atoms with Gasteiger partial charge in [-0.3, -0.25) is 19.3 Å². The third kappa shape index (κ3) is 4.03. The Bertz CT molecular complexity index is 697. The van der Waals surface area contributed by atoms with Gasteiger partial charge in [0.1, 0.15) is 0 Å². The smallest absolute Gasteiger partial charge is 0.342 e. The van der Waals surface area contributed by atoms with Gasteiger partial charge in [-0.05, 0) is 30.5 Å². The summed E-state index contributed by atoms with van der Waals surface area (Å²) >= 11 is 0.996. The molecule has 0 bridgehead atoms. The predicted molar refractivity (Wildman–Crippen MR) is 89.5 cm³/mol. The molecule has 1 aromatic rings. The monoisotopic (exact) mass is 386 g/mol. The molecule has 0 aromatic heterocycles. The number of piperidine rings is 1. The normalized spacial score (nSPS) is 19.3. The SMILES string of the molecule is O=C(Cc1ccc(C(F)(F)F)cc1)N1CCC(N2C(=O)CSC2=O)CC1. The topological polar surface area (TPSA) is 57.7 Å². The Morgan fingerprint density at radius 2 is 1.73 bits per heavy atom. The first-order chi connectivity index (χ1) is 12.3. The Balaban J connectivity index is 1.54. The van der Waals surface area contributed by atoms with Gasteiger partial charge in [-0.25, -0.2) is 0 Å². The Morgan fingerprint density at radius 1 is 1.12 bits per heavy atom. The summed E-state index contributed by atoms with van der Waals surface area (Å²) in [5, 5.41) is -0.232. The van der Waals surface area contributed by atoms with E-state index in [-0.39, 0.29) is 35.3 Å². The molecule has 0 spiro atoms. The molecule has 26 heavy (non-hydrogen) atoms. The fraction of sp³-hybridized carbons (Fsp3) is 0.471. The highest BCUT2D eigenvalue weighted by Gasteiger charge is 2.38. The molecular formula is C17H17F3N2O3S. The van der Waals surface area contributed by atoms with Crippen LogP contribution in [0.15, 0.2) is 24.3 Å². The number of carbonyl (C=O) groups is 3. The van der Waals surface area contributed by atoms with E-state index in [1.165, 1.54) is 17.0 Å². The van der Waals surface area contributed by atoms with Crippen molar-refractivity contribution < 1.29 is 27.6 Å². The van der Waals surface area contributed by atoms with Crippen LogP contribution in [0.2, 0.25) is 0 Å². The van der Waals surface area contributed by atoms with Crippen molar-refractivity contribution in [3.8, 4) is 0 Å². The second-order valence-corrected chi connectivity index (χ2v) is 7.23. The van der Waals surface area contributed by atoms with Gasteiger partial charge in [0.25, 0.3) is 5.24 Å². The number of thioether (sulfide) groups is 1. The molecule has 3 rings (SSSR count). The largest absolute Gasteiger partial charge is 0.416 e. The van der Waals surface area contributed by atoms with Crippen LogP contribution in [0.5, 0.6) is 0 Å². The molecule has 2 heterocycles. The number of hydrogen-bond donors (Lipinski definition) is 0.